The number of aromatic nitrogens is 3. The van der Waals surface area contributed by atoms with Crippen molar-refractivity contribution in [1.29, 1.82) is 0 Å². The van der Waals surface area contributed by atoms with Crippen LogP contribution in [0.1, 0.15) is 54.6 Å². The van der Waals surface area contributed by atoms with Crippen molar-refractivity contribution >= 4 is 5.91 Å². The molecule has 0 saturated carbocycles. The van der Waals surface area contributed by atoms with Gasteiger partial charge in [-0.2, -0.15) is 5.10 Å². The van der Waals surface area contributed by atoms with Gasteiger partial charge < -0.3 is 9.64 Å². The molecule has 0 N–H and O–H groups in total. The van der Waals surface area contributed by atoms with Gasteiger partial charge in [0.2, 0.25) is 0 Å². The van der Waals surface area contributed by atoms with Crippen molar-refractivity contribution in [2.24, 2.45) is 0 Å². The van der Waals surface area contributed by atoms with Gasteiger partial charge in [0.05, 0.1) is 11.6 Å². The lowest BCUT2D eigenvalue weighted by Crippen LogP contribution is -2.41. The van der Waals surface area contributed by atoms with Crippen LogP contribution in [0.2, 0.25) is 0 Å². The summed E-state index contributed by atoms with van der Waals surface area (Å²) in [6, 6.07) is 6.10. The third-order valence-electron chi connectivity index (χ3n) is 5.27. The van der Waals surface area contributed by atoms with Crippen LogP contribution in [0.5, 0.6) is 5.75 Å². The van der Waals surface area contributed by atoms with Crippen LogP contribution in [0.15, 0.2) is 30.9 Å². The van der Waals surface area contributed by atoms with Crippen molar-refractivity contribution in [3.63, 3.8) is 0 Å². The fraction of sp³-hybridized carbons (Fsp3) is 0.500. The minimum absolute atomic E-state index is 0.0537. The number of carbonyl (C=O) groups is 1. The highest BCUT2D eigenvalue weighted by Crippen LogP contribution is 2.40. The molecule has 6 heteroatoms. The molecule has 2 aliphatic rings. The van der Waals surface area contributed by atoms with E-state index in [4.69, 9.17) is 4.74 Å². The van der Waals surface area contributed by atoms with E-state index >= 15 is 0 Å². The number of benzene rings is 1. The summed E-state index contributed by atoms with van der Waals surface area (Å²) >= 11 is 0. The number of para-hydroxylation sites is 1. The summed E-state index contributed by atoms with van der Waals surface area (Å²) < 4.78 is 7.84. The fourth-order valence-corrected chi connectivity index (χ4v) is 3.69. The van der Waals surface area contributed by atoms with Crippen LogP contribution in [0.25, 0.3) is 0 Å². The largest absolute Gasteiger partial charge is 0.489 e. The average Bonchev–Trinajstić information content (AvgIpc) is 3.24. The molecule has 1 aromatic carbocycles. The molecular weight excluding hydrogens is 304 g/mol. The van der Waals surface area contributed by atoms with E-state index in [1.54, 1.807) is 12.7 Å². The number of carbonyl (C=O) groups excluding carboxylic acids is 1. The number of nitrogens with zero attached hydrogens (tertiary/aromatic N) is 4. The van der Waals surface area contributed by atoms with E-state index in [-0.39, 0.29) is 18.1 Å². The Hall–Kier alpha value is -2.37. The molecule has 0 bridgehead atoms. The van der Waals surface area contributed by atoms with Crippen LogP contribution in [-0.4, -0.2) is 44.8 Å². The highest BCUT2D eigenvalue weighted by molar-refractivity contribution is 5.97. The van der Waals surface area contributed by atoms with Gasteiger partial charge in [-0.25, -0.2) is 9.67 Å². The molecule has 126 valence electrons. The van der Waals surface area contributed by atoms with Crippen molar-refractivity contribution < 1.29 is 9.53 Å². The third-order valence-corrected chi connectivity index (χ3v) is 5.27. The van der Waals surface area contributed by atoms with Gasteiger partial charge >= 0.3 is 0 Å². The van der Waals surface area contributed by atoms with E-state index in [1.807, 2.05) is 21.7 Å². The van der Waals surface area contributed by atoms with Crippen LogP contribution in [-0.2, 0) is 0 Å². The van der Waals surface area contributed by atoms with E-state index in [0.717, 1.165) is 30.7 Å². The number of amides is 1. The number of likely N-dealkylation sites (tertiary alicyclic amines) is 1. The van der Waals surface area contributed by atoms with Crippen LogP contribution in [0.3, 0.4) is 0 Å². The molecule has 1 saturated heterocycles. The number of piperidine rings is 1. The molecular formula is C18H22N4O2. The van der Waals surface area contributed by atoms with Crippen LogP contribution < -0.4 is 4.74 Å². The summed E-state index contributed by atoms with van der Waals surface area (Å²) in [6.07, 6.45) is 5.37. The molecule has 0 unspecified atom stereocenters. The summed E-state index contributed by atoms with van der Waals surface area (Å²) in [5, 5.41) is 4.23. The average molecular weight is 326 g/mol. The minimum atomic E-state index is 0.0537. The predicted octanol–water partition coefficient (Wildman–Crippen LogP) is 2.64. The molecule has 6 nitrogen and oxygen atoms in total. The second-order valence-electron chi connectivity index (χ2n) is 6.76. The Labute approximate surface area is 141 Å². The first-order valence-electron chi connectivity index (χ1n) is 8.58. The summed E-state index contributed by atoms with van der Waals surface area (Å²) in [4.78, 5) is 19.0. The van der Waals surface area contributed by atoms with E-state index in [1.165, 1.54) is 0 Å². The number of fused-ring (bicyclic) bond motifs is 1. The standard InChI is InChI=1S/C18H22N4O2/c1-12-13(2)24-17-15(12)6-3-7-16(17)18(23)21-8-4-5-14(9-21)22-11-19-10-20-22/h3,6-7,10-14H,4-5,8-9H2,1-2H3/t12-,13+,14-/m1/s1. The molecule has 3 atom stereocenters. The number of hydrogen-bond donors (Lipinski definition) is 0. The van der Waals surface area contributed by atoms with Gasteiger partial charge in [-0.1, -0.05) is 19.1 Å². The van der Waals surface area contributed by atoms with Crippen molar-refractivity contribution in [3.05, 3.63) is 42.0 Å². The van der Waals surface area contributed by atoms with Gasteiger partial charge in [-0.05, 0) is 25.8 Å². The van der Waals surface area contributed by atoms with Gasteiger partial charge in [0.1, 0.15) is 24.5 Å². The summed E-state index contributed by atoms with van der Waals surface area (Å²) in [5.41, 5.74) is 1.82. The summed E-state index contributed by atoms with van der Waals surface area (Å²) in [7, 11) is 0. The Morgan fingerprint density at radius 1 is 1.33 bits per heavy atom. The monoisotopic (exact) mass is 326 g/mol. The molecule has 2 aliphatic heterocycles. The Morgan fingerprint density at radius 2 is 2.21 bits per heavy atom. The van der Waals surface area contributed by atoms with Crippen LogP contribution in [0, 0.1) is 0 Å². The lowest BCUT2D eigenvalue weighted by atomic mass is 9.96. The van der Waals surface area contributed by atoms with Crippen molar-refractivity contribution in [1.82, 2.24) is 19.7 Å². The Bertz CT molecular complexity index is 743. The summed E-state index contributed by atoms with van der Waals surface area (Å²) in [5.74, 6) is 1.14. The SMILES string of the molecule is C[C@@H]1Oc2c(C(=O)N3CCC[C@@H](n4cncn4)C3)cccc2[C@@H]1C. The second-order valence-corrected chi connectivity index (χ2v) is 6.76. The molecule has 2 aromatic rings. The first kappa shape index (κ1) is 15.2. The highest BCUT2D eigenvalue weighted by Gasteiger charge is 2.33. The smallest absolute Gasteiger partial charge is 0.257 e. The molecule has 1 aromatic heterocycles. The minimum Gasteiger partial charge on any atom is -0.489 e. The molecule has 24 heavy (non-hydrogen) atoms. The zero-order valence-electron chi connectivity index (χ0n) is 14.1. The Morgan fingerprint density at radius 3 is 3.00 bits per heavy atom. The lowest BCUT2D eigenvalue weighted by Gasteiger charge is -2.33. The van der Waals surface area contributed by atoms with Crippen LogP contribution in [0.4, 0.5) is 0 Å². The van der Waals surface area contributed by atoms with Gasteiger partial charge in [-0.3, -0.25) is 4.79 Å². The molecule has 1 fully saturated rings. The highest BCUT2D eigenvalue weighted by atomic mass is 16.5. The molecule has 4 rings (SSSR count). The third kappa shape index (κ3) is 2.46. The maximum atomic E-state index is 13.1. The first-order chi connectivity index (χ1) is 11.6. The molecule has 0 spiro atoms. The van der Waals surface area contributed by atoms with Crippen molar-refractivity contribution in [3.8, 4) is 5.75 Å². The van der Waals surface area contributed by atoms with E-state index in [0.29, 0.717) is 18.0 Å². The second kappa shape index (κ2) is 5.92. The van der Waals surface area contributed by atoms with Gasteiger partial charge in [0, 0.05) is 24.6 Å². The molecule has 3 heterocycles. The maximum absolute atomic E-state index is 13.1. The van der Waals surface area contributed by atoms with E-state index in [9.17, 15) is 4.79 Å². The topological polar surface area (TPSA) is 60.2 Å². The zero-order valence-corrected chi connectivity index (χ0v) is 14.1. The number of ether oxygens (including phenoxy) is 1. The molecule has 1 amide bonds. The fourth-order valence-electron chi connectivity index (χ4n) is 3.69. The number of rotatable bonds is 2. The van der Waals surface area contributed by atoms with Crippen molar-refractivity contribution in [2.75, 3.05) is 13.1 Å². The predicted molar refractivity (Wildman–Crippen MR) is 89.1 cm³/mol. The van der Waals surface area contributed by atoms with Gasteiger partial charge in [0.15, 0.2) is 0 Å². The molecule has 0 radical (unpaired) electrons. The number of hydrogen-bond acceptors (Lipinski definition) is 4. The first-order valence-corrected chi connectivity index (χ1v) is 8.58. The molecule has 0 aliphatic carbocycles. The maximum Gasteiger partial charge on any atom is 0.257 e. The Balaban J connectivity index is 1.59. The lowest BCUT2D eigenvalue weighted by molar-refractivity contribution is 0.0667. The van der Waals surface area contributed by atoms with Gasteiger partial charge in [0.25, 0.3) is 5.91 Å². The zero-order chi connectivity index (χ0) is 16.7. The normalized spacial score (nSPS) is 26.1. The van der Waals surface area contributed by atoms with Crippen molar-refractivity contribution in [2.45, 2.75) is 44.8 Å². The van der Waals surface area contributed by atoms with E-state index < -0.39 is 0 Å². The van der Waals surface area contributed by atoms with Crippen LogP contribution >= 0.6 is 0 Å². The van der Waals surface area contributed by atoms with E-state index in [2.05, 4.69) is 30.0 Å². The quantitative estimate of drug-likeness (QED) is 0.851. The van der Waals surface area contributed by atoms with Gasteiger partial charge in [-0.15, -0.1) is 0 Å². The Kier molecular flexibility index (Phi) is 3.75. The summed E-state index contributed by atoms with van der Waals surface area (Å²) in [6.45, 7) is 5.64.